The molecule has 1 heterocycles. The van der Waals surface area contributed by atoms with Crippen molar-refractivity contribution in [1.82, 2.24) is 15.5 Å². The molecule has 0 fully saturated rings. The minimum atomic E-state index is -0.234. The van der Waals surface area contributed by atoms with Gasteiger partial charge in [0.05, 0.1) is 5.25 Å². The summed E-state index contributed by atoms with van der Waals surface area (Å²) in [5, 5.41) is 15.1. The predicted molar refractivity (Wildman–Crippen MR) is 118 cm³/mol. The van der Waals surface area contributed by atoms with Crippen molar-refractivity contribution < 1.29 is 4.79 Å². The number of nitrogens with one attached hydrogen (secondary N) is 2. The Labute approximate surface area is 174 Å². The molecule has 2 unspecified atom stereocenters. The molecule has 1 amide bonds. The molecule has 2 atom stereocenters. The van der Waals surface area contributed by atoms with Crippen LogP contribution in [0.15, 0.2) is 58.9 Å². The summed E-state index contributed by atoms with van der Waals surface area (Å²) in [5.74, 6) is 0.283. The maximum atomic E-state index is 12.4. The molecular weight excluding hydrogens is 388 g/mol. The van der Waals surface area contributed by atoms with Gasteiger partial charge in [-0.15, -0.1) is 10.2 Å². The highest BCUT2D eigenvalue weighted by Gasteiger charge is 2.18. The van der Waals surface area contributed by atoms with Crippen LogP contribution in [-0.2, 0) is 4.79 Å². The summed E-state index contributed by atoms with van der Waals surface area (Å²) in [6.45, 7) is 6.67. The van der Waals surface area contributed by atoms with Gasteiger partial charge < -0.3 is 10.6 Å². The Bertz CT molecular complexity index is 914. The first kappa shape index (κ1) is 20.4. The van der Waals surface area contributed by atoms with Crippen LogP contribution in [0.2, 0.25) is 0 Å². The molecule has 2 N–H and O–H groups in total. The summed E-state index contributed by atoms with van der Waals surface area (Å²) >= 11 is 2.88. The van der Waals surface area contributed by atoms with Crippen LogP contribution < -0.4 is 10.6 Å². The van der Waals surface area contributed by atoms with Crippen LogP contribution >= 0.6 is 23.1 Å². The lowest BCUT2D eigenvalue weighted by Gasteiger charge is -2.15. The van der Waals surface area contributed by atoms with Gasteiger partial charge >= 0.3 is 0 Å². The van der Waals surface area contributed by atoms with Crippen LogP contribution in [0, 0.1) is 6.92 Å². The number of rotatable bonds is 8. The van der Waals surface area contributed by atoms with Gasteiger partial charge in [0.15, 0.2) is 4.34 Å². The van der Waals surface area contributed by atoms with Crippen LogP contribution in [0.5, 0.6) is 0 Å². The van der Waals surface area contributed by atoms with E-state index in [9.17, 15) is 4.79 Å². The van der Waals surface area contributed by atoms with Gasteiger partial charge in [-0.2, -0.15) is 0 Å². The van der Waals surface area contributed by atoms with E-state index in [1.807, 2.05) is 50.2 Å². The van der Waals surface area contributed by atoms with Crippen molar-refractivity contribution in [2.45, 2.75) is 36.3 Å². The van der Waals surface area contributed by atoms with E-state index in [4.69, 9.17) is 0 Å². The molecule has 0 spiro atoms. The maximum absolute atomic E-state index is 12.4. The Balaban J connectivity index is 1.49. The molecule has 0 saturated heterocycles. The van der Waals surface area contributed by atoms with Gasteiger partial charge in [0, 0.05) is 12.2 Å². The minimum absolute atomic E-state index is 0.0103. The van der Waals surface area contributed by atoms with Gasteiger partial charge in [0.1, 0.15) is 0 Å². The molecule has 0 saturated carbocycles. The van der Waals surface area contributed by atoms with Crippen LogP contribution in [0.3, 0.4) is 0 Å². The maximum Gasteiger partial charge on any atom is 0.233 e. The van der Waals surface area contributed by atoms with E-state index in [1.165, 1.54) is 34.2 Å². The molecule has 3 rings (SSSR count). The van der Waals surface area contributed by atoms with E-state index in [0.717, 1.165) is 15.2 Å². The zero-order valence-electron chi connectivity index (χ0n) is 16.2. The summed E-state index contributed by atoms with van der Waals surface area (Å²) in [4.78, 5) is 12.4. The fourth-order valence-electron chi connectivity index (χ4n) is 2.66. The Hall–Kier alpha value is -2.38. The summed E-state index contributed by atoms with van der Waals surface area (Å²) in [6, 6.07) is 18.3. The second-order valence-electron chi connectivity index (χ2n) is 6.68. The highest BCUT2D eigenvalue weighted by molar-refractivity contribution is 8.02. The predicted octanol–water partition coefficient (Wildman–Crippen LogP) is 4.99. The fourth-order valence-corrected chi connectivity index (χ4v) is 4.60. The van der Waals surface area contributed by atoms with Crippen LogP contribution in [-0.4, -0.2) is 27.9 Å². The van der Waals surface area contributed by atoms with Crippen molar-refractivity contribution in [2.24, 2.45) is 0 Å². The first-order chi connectivity index (χ1) is 13.5. The van der Waals surface area contributed by atoms with Crippen molar-refractivity contribution in [3.05, 3.63) is 65.7 Å². The largest absolute Gasteiger partial charge is 0.355 e. The van der Waals surface area contributed by atoms with Crippen molar-refractivity contribution >= 4 is 39.8 Å². The van der Waals surface area contributed by atoms with Crippen molar-refractivity contribution in [1.29, 1.82) is 0 Å². The average Bonchev–Trinajstić information content (AvgIpc) is 3.13. The van der Waals surface area contributed by atoms with Gasteiger partial charge in [-0.05, 0) is 43.0 Å². The summed E-state index contributed by atoms with van der Waals surface area (Å²) < 4.78 is 0.772. The highest BCUT2D eigenvalue weighted by atomic mass is 32.2. The molecule has 28 heavy (non-hydrogen) atoms. The number of hydrogen-bond acceptors (Lipinski definition) is 6. The second kappa shape index (κ2) is 9.71. The van der Waals surface area contributed by atoms with E-state index in [0.29, 0.717) is 6.54 Å². The van der Waals surface area contributed by atoms with E-state index >= 15 is 0 Å². The fraction of sp³-hybridized carbons (Fsp3) is 0.286. The van der Waals surface area contributed by atoms with Crippen molar-refractivity contribution in [3.8, 4) is 0 Å². The lowest BCUT2D eigenvalue weighted by molar-refractivity contribution is -0.120. The number of amides is 1. The average molecular weight is 413 g/mol. The summed E-state index contributed by atoms with van der Waals surface area (Å²) in [5.41, 5.74) is 3.38. The summed E-state index contributed by atoms with van der Waals surface area (Å²) in [6.07, 6.45) is 0. The van der Waals surface area contributed by atoms with Crippen LogP contribution in [0.1, 0.15) is 30.9 Å². The normalized spacial score (nSPS) is 13.0. The molecule has 146 valence electrons. The molecule has 3 aromatic rings. The third-order valence-corrected chi connectivity index (χ3v) is 6.30. The Kier molecular flexibility index (Phi) is 7.06. The number of benzene rings is 2. The van der Waals surface area contributed by atoms with Gasteiger partial charge in [-0.25, -0.2) is 0 Å². The quantitative estimate of drug-likeness (QED) is 0.510. The summed E-state index contributed by atoms with van der Waals surface area (Å²) in [7, 11) is 0. The van der Waals surface area contributed by atoms with Gasteiger partial charge in [-0.3, -0.25) is 4.79 Å². The lowest BCUT2D eigenvalue weighted by atomic mass is 10.0. The highest BCUT2D eigenvalue weighted by Crippen LogP contribution is 2.30. The van der Waals surface area contributed by atoms with Gasteiger partial charge in [-0.1, -0.05) is 72.5 Å². The Morgan fingerprint density at radius 1 is 1.11 bits per heavy atom. The number of aromatic nitrogens is 2. The number of anilines is 2. The van der Waals surface area contributed by atoms with Crippen LogP contribution in [0.4, 0.5) is 10.8 Å². The standard InChI is InChI=1S/C21H24N4OS2/c1-14-8-7-11-18(12-14)23-20-24-25-21(28-20)27-16(3)19(26)22-13-15(2)17-9-5-4-6-10-17/h4-12,15-16H,13H2,1-3H3,(H,22,26)(H,23,24). The third kappa shape index (κ3) is 5.81. The smallest absolute Gasteiger partial charge is 0.233 e. The first-order valence-corrected chi connectivity index (χ1v) is 10.9. The molecule has 0 aliphatic heterocycles. The van der Waals surface area contributed by atoms with E-state index in [1.54, 1.807) is 0 Å². The van der Waals surface area contributed by atoms with E-state index < -0.39 is 0 Å². The Morgan fingerprint density at radius 2 is 1.89 bits per heavy atom. The zero-order chi connectivity index (χ0) is 19.9. The Morgan fingerprint density at radius 3 is 2.64 bits per heavy atom. The zero-order valence-corrected chi connectivity index (χ0v) is 17.8. The van der Waals surface area contributed by atoms with E-state index in [-0.39, 0.29) is 17.1 Å². The van der Waals surface area contributed by atoms with Crippen molar-refractivity contribution in [2.75, 3.05) is 11.9 Å². The molecule has 2 aromatic carbocycles. The lowest BCUT2D eigenvalue weighted by Crippen LogP contribution is -2.33. The van der Waals surface area contributed by atoms with E-state index in [2.05, 4.69) is 46.0 Å². The second-order valence-corrected chi connectivity index (χ2v) is 9.25. The first-order valence-electron chi connectivity index (χ1n) is 9.18. The topological polar surface area (TPSA) is 66.9 Å². The number of carbonyl (C=O) groups is 1. The number of nitrogens with zero attached hydrogens (tertiary/aromatic N) is 2. The monoisotopic (exact) mass is 412 g/mol. The van der Waals surface area contributed by atoms with Gasteiger partial charge in [0.25, 0.3) is 0 Å². The number of hydrogen-bond donors (Lipinski definition) is 2. The molecule has 7 heteroatoms. The third-order valence-electron chi connectivity index (χ3n) is 4.27. The molecule has 0 aliphatic rings. The van der Waals surface area contributed by atoms with Crippen molar-refractivity contribution in [3.63, 3.8) is 0 Å². The SMILES string of the molecule is Cc1cccc(Nc2nnc(SC(C)C(=O)NCC(C)c3ccccc3)s2)c1. The number of thioether (sulfide) groups is 1. The molecule has 0 aliphatic carbocycles. The number of aryl methyl sites for hydroxylation is 1. The molecule has 1 aromatic heterocycles. The molecule has 5 nitrogen and oxygen atoms in total. The van der Waals surface area contributed by atoms with Gasteiger partial charge in [0.2, 0.25) is 11.0 Å². The number of carbonyl (C=O) groups excluding carboxylic acids is 1. The van der Waals surface area contributed by atoms with Crippen LogP contribution in [0.25, 0.3) is 0 Å². The molecule has 0 bridgehead atoms. The molecular formula is C21H24N4OS2. The molecule has 0 radical (unpaired) electrons. The minimum Gasteiger partial charge on any atom is -0.355 e.